The van der Waals surface area contributed by atoms with Crippen molar-refractivity contribution in [1.29, 1.82) is 0 Å². The standard InChI is InChI=1S/C16H26N2/c1-15(2)14(16(15,3)4)11-18-10-9-12-5-7-13(17)8-6-12/h5-8,14,18H,9-11,17H2,1-4H3. The summed E-state index contributed by atoms with van der Waals surface area (Å²) in [5, 5.41) is 3.59. The van der Waals surface area contributed by atoms with E-state index in [1.54, 1.807) is 0 Å². The topological polar surface area (TPSA) is 38.0 Å². The molecule has 1 aromatic carbocycles. The SMILES string of the molecule is CC1(C)C(CNCCc2ccc(N)cc2)C1(C)C. The molecule has 0 amide bonds. The average Bonchev–Trinajstić information content (AvgIpc) is 2.68. The van der Waals surface area contributed by atoms with E-state index in [0.29, 0.717) is 10.8 Å². The molecule has 0 unspecified atom stereocenters. The Balaban J connectivity index is 1.70. The van der Waals surface area contributed by atoms with Crippen LogP contribution in [0.25, 0.3) is 0 Å². The average molecular weight is 246 g/mol. The Labute approximate surface area is 111 Å². The van der Waals surface area contributed by atoms with Gasteiger partial charge in [-0.3, -0.25) is 0 Å². The van der Waals surface area contributed by atoms with Gasteiger partial charge >= 0.3 is 0 Å². The van der Waals surface area contributed by atoms with Gasteiger partial charge in [0.25, 0.3) is 0 Å². The molecule has 2 rings (SSSR count). The zero-order chi connectivity index (χ0) is 13.4. The van der Waals surface area contributed by atoms with Crippen molar-refractivity contribution >= 4 is 5.69 Å². The molecule has 100 valence electrons. The van der Waals surface area contributed by atoms with Crippen molar-refractivity contribution < 1.29 is 0 Å². The largest absolute Gasteiger partial charge is 0.399 e. The Morgan fingerprint density at radius 1 is 1.06 bits per heavy atom. The van der Waals surface area contributed by atoms with Crippen molar-refractivity contribution in [2.75, 3.05) is 18.8 Å². The molecule has 0 aliphatic heterocycles. The lowest BCUT2D eigenvalue weighted by Crippen LogP contribution is -2.22. The van der Waals surface area contributed by atoms with E-state index in [9.17, 15) is 0 Å². The van der Waals surface area contributed by atoms with Gasteiger partial charge in [-0.1, -0.05) is 39.8 Å². The van der Waals surface area contributed by atoms with E-state index in [2.05, 4.69) is 45.1 Å². The molecule has 0 bridgehead atoms. The molecular formula is C16H26N2. The molecule has 2 heteroatoms. The molecule has 0 saturated heterocycles. The minimum atomic E-state index is 0.487. The summed E-state index contributed by atoms with van der Waals surface area (Å²) in [6.07, 6.45) is 1.08. The predicted molar refractivity (Wildman–Crippen MR) is 78.5 cm³/mol. The minimum absolute atomic E-state index is 0.487. The van der Waals surface area contributed by atoms with E-state index in [4.69, 9.17) is 5.73 Å². The van der Waals surface area contributed by atoms with Crippen molar-refractivity contribution in [3.05, 3.63) is 29.8 Å². The first-order valence-electron chi connectivity index (χ1n) is 6.91. The van der Waals surface area contributed by atoms with Gasteiger partial charge in [0.05, 0.1) is 0 Å². The monoisotopic (exact) mass is 246 g/mol. The molecule has 0 spiro atoms. The van der Waals surface area contributed by atoms with Crippen LogP contribution in [0, 0.1) is 16.7 Å². The fourth-order valence-corrected chi connectivity index (χ4v) is 3.01. The third-order valence-corrected chi connectivity index (χ3v) is 5.24. The summed E-state index contributed by atoms with van der Waals surface area (Å²) in [5.41, 5.74) is 8.84. The minimum Gasteiger partial charge on any atom is -0.399 e. The first-order valence-corrected chi connectivity index (χ1v) is 6.91. The smallest absolute Gasteiger partial charge is 0.0314 e. The summed E-state index contributed by atoms with van der Waals surface area (Å²) in [7, 11) is 0. The number of anilines is 1. The van der Waals surface area contributed by atoms with E-state index < -0.39 is 0 Å². The van der Waals surface area contributed by atoms with Crippen molar-refractivity contribution in [3.8, 4) is 0 Å². The molecule has 3 N–H and O–H groups in total. The Bertz CT molecular complexity index is 390. The second kappa shape index (κ2) is 4.58. The van der Waals surface area contributed by atoms with Gasteiger partial charge in [0, 0.05) is 5.69 Å². The third kappa shape index (κ3) is 2.39. The molecule has 2 nitrogen and oxygen atoms in total. The molecule has 1 aromatic rings. The van der Waals surface area contributed by atoms with Crippen LogP contribution >= 0.6 is 0 Å². The fraction of sp³-hybridized carbons (Fsp3) is 0.625. The molecule has 0 atom stereocenters. The lowest BCUT2D eigenvalue weighted by molar-refractivity contribution is 0.457. The highest BCUT2D eigenvalue weighted by Gasteiger charge is 2.63. The molecular weight excluding hydrogens is 220 g/mol. The highest BCUT2D eigenvalue weighted by molar-refractivity contribution is 5.39. The Morgan fingerprint density at radius 2 is 1.61 bits per heavy atom. The molecule has 1 aliphatic rings. The molecule has 0 aromatic heterocycles. The van der Waals surface area contributed by atoms with Gasteiger partial charge in [0.2, 0.25) is 0 Å². The Hall–Kier alpha value is -1.02. The molecule has 1 fully saturated rings. The van der Waals surface area contributed by atoms with Crippen LogP contribution in [-0.4, -0.2) is 13.1 Å². The molecule has 18 heavy (non-hydrogen) atoms. The number of hydrogen-bond acceptors (Lipinski definition) is 2. The normalized spacial score (nSPS) is 20.9. The number of nitrogens with one attached hydrogen (secondary N) is 1. The third-order valence-electron chi connectivity index (χ3n) is 5.24. The van der Waals surface area contributed by atoms with Crippen molar-refractivity contribution in [2.45, 2.75) is 34.1 Å². The summed E-state index contributed by atoms with van der Waals surface area (Å²) in [6, 6.07) is 8.18. The zero-order valence-corrected chi connectivity index (χ0v) is 12.1. The Kier molecular flexibility index (Phi) is 3.41. The van der Waals surface area contributed by atoms with Gasteiger partial charge in [0.1, 0.15) is 0 Å². The predicted octanol–water partition coefficient (Wildman–Crippen LogP) is 3.08. The van der Waals surface area contributed by atoms with E-state index in [1.807, 2.05) is 12.1 Å². The van der Waals surface area contributed by atoms with E-state index in [1.165, 1.54) is 5.56 Å². The van der Waals surface area contributed by atoms with Crippen LogP contribution in [0.1, 0.15) is 33.3 Å². The summed E-state index contributed by atoms with van der Waals surface area (Å²) >= 11 is 0. The lowest BCUT2D eigenvalue weighted by Gasteiger charge is -2.06. The van der Waals surface area contributed by atoms with Gasteiger partial charge in [-0.2, -0.15) is 0 Å². The summed E-state index contributed by atoms with van der Waals surface area (Å²) in [5.74, 6) is 0.802. The van der Waals surface area contributed by atoms with E-state index in [-0.39, 0.29) is 0 Å². The van der Waals surface area contributed by atoms with Gasteiger partial charge in [-0.15, -0.1) is 0 Å². The van der Waals surface area contributed by atoms with E-state index >= 15 is 0 Å². The molecule has 1 saturated carbocycles. The van der Waals surface area contributed by atoms with Crippen molar-refractivity contribution in [2.24, 2.45) is 16.7 Å². The van der Waals surface area contributed by atoms with Gasteiger partial charge in [-0.05, 0) is 54.0 Å². The highest BCUT2D eigenvalue weighted by atomic mass is 14.9. The lowest BCUT2D eigenvalue weighted by atomic mass is 10.0. The Morgan fingerprint density at radius 3 is 2.11 bits per heavy atom. The second-order valence-electron chi connectivity index (χ2n) is 6.69. The van der Waals surface area contributed by atoms with Gasteiger partial charge < -0.3 is 11.1 Å². The van der Waals surface area contributed by atoms with Crippen LogP contribution in [0.2, 0.25) is 0 Å². The van der Waals surface area contributed by atoms with Crippen molar-refractivity contribution in [3.63, 3.8) is 0 Å². The first-order chi connectivity index (χ1) is 8.35. The number of nitrogens with two attached hydrogens (primary N) is 1. The number of rotatable bonds is 5. The van der Waals surface area contributed by atoms with Gasteiger partial charge in [-0.25, -0.2) is 0 Å². The maximum Gasteiger partial charge on any atom is 0.0314 e. The second-order valence-corrected chi connectivity index (χ2v) is 6.69. The maximum absolute atomic E-state index is 5.67. The molecule has 0 radical (unpaired) electrons. The number of benzene rings is 1. The van der Waals surface area contributed by atoms with Crippen LogP contribution in [-0.2, 0) is 6.42 Å². The quantitative estimate of drug-likeness (QED) is 0.619. The summed E-state index contributed by atoms with van der Waals surface area (Å²) < 4.78 is 0. The van der Waals surface area contributed by atoms with E-state index in [0.717, 1.165) is 31.1 Å². The maximum atomic E-state index is 5.67. The van der Waals surface area contributed by atoms with Crippen LogP contribution in [0.15, 0.2) is 24.3 Å². The first kappa shape index (κ1) is 13.4. The summed E-state index contributed by atoms with van der Waals surface area (Å²) in [4.78, 5) is 0. The highest BCUT2D eigenvalue weighted by Crippen LogP contribution is 2.67. The molecule has 0 heterocycles. The van der Waals surface area contributed by atoms with Crippen molar-refractivity contribution in [1.82, 2.24) is 5.32 Å². The number of nitrogen functional groups attached to an aromatic ring is 1. The van der Waals surface area contributed by atoms with Gasteiger partial charge in [0.15, 0.2) is 0 Å². The van der Waals surface area contributed by atoms with Crippen LogP contribution < -0.4 is 11.1 Å². The zero-order valence-electron chi connectivity index (χ0n) is 12.1. The molecule has 1 aliphatic carbocycles. The van der Waals surface area contributed by atoms with Crippen LogP contribution in [0.4, 0.5) is 5.69 Å². The van der Waals surface area contributed by atoms with Crippen LogP contribution in [0.5, 0.6) is 0 Å². The fourth-order valence-electron chi connectivity index (χ4n) is 3.01. The summed E-state index contributed by atoms with van der Waals surface area (Å²) in [6.45, 7) is 11.7. The van der Waals surface area contributed by atoms with Crippen LogP contribution in [0.3, 0.4) is 0 Å². The number of hydrogen-bond donors (Lipinski definition) is 2.